The molecule has 4 heteroatoms. The van der Waals surface area contributed by atoms with Crippen LogP contribution in [0.3, 0.4) is 0 Å². The van der Waals surface area contributed by atoms with Crippen LogP contribution in [0.15, 0.2) is 60.3 Å². The van der Waals surface area contributed by atoms with Crippen LogP contribution in [0.4, 0.5) is 0 Å². The Bertz CT molecular complexity index is 931. The summed E-state index contributed by atoms with van der Waals surface area (Å²) in [4.78, 5) is 30.4. The van der Waals surface area contributed by atoms with Crippen molar-refractivity contribution in [2.45, 2.75) is 33.1 Å². The average Bonchev–Trinajstić information content (AvgIpc) is 2.98. The van der Waals surface area contributed by atoms with Crippen molar-refractivity contribution in [1.29, 1.82) is 0 Å². The summed E-state index contributed by atoms with van der Waals surface area (Å²) in [6.45, 7) is 6.31. The van der Waals surface area contributed by atoms with E-state index in [1.54, 1.807) is 0 Å². The Kier molecular flexibility index (Phi) is 5.52. The zero-order chi connectivity index (χ0) is 20.4. The van der Waals surface area contributed by atoms with Crippen molar-refractivity contribution < 1.29 is 9.59 Å². The molecule has 2 aliphatic heterocycles. The average molecular weight is 389 g/mol. The third-order valence-corrected chi connectivity index (χ3v) is 5.92. The van der Waals surface area contributed by atoms with E-state index >= 15 is 0 Å². The van der Waals surface area contributed by atoms with Crippen LogP contribution in [0, 0.1) is 12.8 Å². The Hall–Kier alpha value is -2.88. The molecule has 1 atom stereocenters. The number of aryl methyl sites for hydroxylation is 1. The maximum absolute atomic E-state index is 13.4. The number of piperidine rings is 1. The minimum Gasteiger partial charge on any atom is -0.366 e. The lowest BCUT2D eigenvalue weighted by atomic mass is 9.97. The van der Waals surface area contributed by atoms with E-state index in [0.29, 0.717) is 30.2 Å². The number of benzene rings is 2. The molecule has 2 aliphatic rings. The first-order chi connectivity index (χ1) is 14.0. The molecule has 2 aromatic carbocycles. The summed E-state index contributed by atoms with van der Waals surface area (Å²) >= 11 is 0. The molecule has 1 unspecified atom stereocenters. The first-order valence-electron chi connectivity index (χ1n) is 10.5. The fourth-order valence-corrected chi connectivity index (χ4v) is 4.32. The highest BCUT2D eigenvalue weighted by molar-refractivity contribution is 6.35. The fourth-order valence-electron chi connectivity index (χ4n) is 4.32. The smallest absolute Gasteiger partial charge is 0.277 e. The molecule has 0 spiro atoms. The van der Waals surface area contributed by atoms with Crippen LogP contribution in [0.2, 0.25) is 0 Å². The van der Waals surface area contributed by atoms with E-state index in [1.165, 1.54) is 11.3 Å². The molecule has 4 rings (SSSR count). The molecular formula is C25H28N2O2. The number of carbonyl (C=O) groups excluding carboxylic acids is 2. The summed E-state index contributed by atoms with van der Waals surface area (Å²) in [7, 11) is 0. The highest BCUT2D eigenvalue weighted by atomic mass is 16.2. The molecule has 29 heavy (non-hydrogen) atoms. The lowest BCUT2D eigenvalue weighted by Gasteiger charge is -2.33. The Morgan fingerprint density at radius 3 is 2.38 bits per heavy atom. The van der Waals surface area contributed by atoms with Gasteiger partial charge in [-0.25, -0.2) is 0 Å². The molecule has 0 aliphatic carbocycles. The minimum atomic E-state index is -0.164. The third kappa shape index (κ3) is 3.98. The number of likely N-dealkylation sites (tertiary alicyclic amines) is 1. The van der Waals surface area contributed by atoms with Crippen LogP contribution >= 0.6 is 0 Å². The molecule has 0 bridgehead atoms. The Morgan fingerprint density at radius 1 is 0.966 bits per heavy atom. The van der Waals surface area contributed by atoms with Gasteiger partial charge in [-0.3, -0.25) is 14.5 Å². The molecule has 1 saturated heterocycles. The van der Waals surface area contributed by atoms with E-state index in [9.17, 15) is 9.59 Å². The van der Waals surface area contributed by atoms with Gasteiger partial charge in [0.05, 0.1) is 5.57 Å². The lowest BCUT2D eigenvalue weighted by molar-refractivity contribution is -0.137. The topological polar surface area (TPSA) is 40.6 Å². The van der Waals surface area contributed by atoms with Crippen molar-refractivity contribution in [2.75, 3.05) is 19.6 Å². The SMILES string of the molecule is Cc1ccc(C2=C(N3CCCC(C)C3)C(=O)N(CCc3ccccc3)C2=O)cc1. The first kappa shape index (κ1) is 19.4. The maximum atomic E-state index is 13.4. The minimum absolute atomic E-state index is 0.143. The molecular weight excluding hydrogens is 360 g/mol. The maximum Gasteiger partial charge on any atom is 0.277 e. The Balaban J connectivity index is 1.66. The fraction of sp³-hybridized carbons (Fsp3) is 0.360. The second kappa shape index (κ2) is 8.24. The normalized spacial score (nSPS) is 20.0. The number of nitrogens with zero attached hydrogens (tertiary/aromatic N) is 2. The summed E-state index contributed by atoms with van der Waals surface area (Å²) < 4.78 is 0. The zero-order valence-electron chi connectivity index (χ0n) is 17.2. The molecule has 150 valence electrons. The zero-order valence-corrected chi connectivity index (χ0v) is 17.2. The number of amides is 2. The van der Waals surface area contributed by atoms with Gasteiger partial charge >= 0.3 is 0 Å². The number of hydrogen-bond donors (Lipinski definition) is 0. The van der Waals surface area contributed by atoms with E-state index < -0.39 is 0 Å². The molecule has 0 N–H and O–H groups in total. The van der Waals surface area contributed by atoms with Gasteiger partial charge in [-0.1, -0.05) is 67.1 Å². The van der Waals surface area contributed by atoms with Crippen LogP contribution < -0.4 is 0 Å². The molecule has 2 aromatic rings. The predicted octanol–water partition coefficient (Wildman–Crippen LogP) is 4.05. The van der Waals surface area contributed by atoms with Crippen LogP contribution in [-0.4, -0.2) is 41.2 Å². The van der Waals surface area contributed by atoms with Gasteiger partial charge in [-0.15, -0.1) is 0 Å². The first-order valence-corrected chi connectivity index (χ1v) is 10.5. The third-order valence-electron chi connectivity index (χ3n) is 5.92. The molecule has 4 nitrogen and oxygen atoms in total. The lowest BCUT2D eigenvalue weighted by Crippen LogP contribution is -2.39. The highest BCUT2D eigenvalue weighted by Gasteiger charge is 2.41. The van der Waals surface area contributed by atoms with Gasteiger partial charge in [0, 0.05) is 19.6 Å². The monoisotopic (exact) mass is 388 g/mol. The summed E-state index contributed by atoms with van der Waals surface area (Å²) in [5.41, 5.74) is 4.27. The quantitative estimate of drug-likeness (QED) is 0.726. The molecule has 0 aromatic heterocycles. The number of carbonyl (C=O) groups is 2. The van der Waals surface area contributed by atoms with Crippen LogP contribution in [0.25, 0.3) is 5.57 Å². The molecule has 0 radical (unpaired) electrons. The van der Waals surface area contributed by atoms with Gasteiger partial charge in [-0.2, -0.15) is 0 Å². The molecule has 2 heterocycles. The van der Waals surface area contributed by atoms with Crippen molar-refractivity contribution in [2.24, 2.45) is 5.92 Å². The van der Waals surface area contributed by atoms with Crippen molar-refractivity contribution in [3.05, 3.63) is 77.0 Å². The standard InChI is InChI=1S/C25H28N2O2/c1-18-10-12-21(13-11-18)22-23(26-15-6-7-19(2)17-26)25(29)27(24(22)28)16-14-20-8-4-3-5-9-20/h3-5,8-13,19H,6-7,14-17H2,1-2H3. The number of hydrogen-bond acceptors (Lipinski definition) is 3. The van der Waals surface area contributed by atoms with Gasteiger partial charge in [-0.05, 0) is 43.2 Å². The Morgan fingerprint density at radius 2 is 1.69 bits per heavy atom. The van der Waals surface area contributed by atoms with Gasteiger partial charge in [0.2, 0.25) is 0 Å². The highest BCUT2D eigenvalue weighted by Crippen LogP contribution is 2.34. The second-order valence-electron chi connectivity index (χ2n) is 8.28. The van der Waals surface area contributed by atoms with E-state index in [0.717, 1.165) is 36.2 Å². The van der Waals surface area contributed by atoms with E-state index in [2.05, 4.69) is 11.8 Å². The van der Waals surface area contributed by atoms with Crippen LogP contribution in [-0.2, 0) is 16.0 Å². The van der Waals surface area contributed by atoms with Crippen molar-refractivity contribution in [1.82, 2.24) is 9.80 Å². The summed E-state index contributed by atoms with van der Waals surface area (Å²) in [5.74, 6) is 0.218. The van der Waals surface area contributed by atoms with Gasteiger partial charge < -0.3 is 4.90 Å². The van der Waals surface area contributed by atoms with E-state index in [4.69, 9.17) is 0 Å². The predicted molar refractivity (Wildman–Crippen MR) is 115 cm³/mol. The van der Waals surface area contributed by atoms with Gasteiger partial charge in [0.1, 0.15) is 5.70 Å². The molecule has 0 saturated carbocycles. The molecule has 2 amide bonds. The summed E-state index contributed by atoms with van der Waals surface area (Å²) in [5, 5.41) is 0. The number of rotatable bonds is 5. The van der Waals surface area contributed by atoms with Crippen molar-refractivity contribution in [3.8, 4) is 0 Å². The van der Waals surface area contributed by atoms with E-state index in [-0.39, 0.29) is 11.8 Å². The van der Waals surface area contributed by atoms with Crippen LogP contribution in [0.5, 0.6) is 0 Å². The van der Waals surface area contributed by atoms with E-state index in [1.807, 2.05) is 61.5 Å². The van der Waals surface area contributed by atoms with Crippen molar-refractivity contribution in [3.63, 3.8) is 0 Å². The van der Waals surface area contributed by atoms with Gasteiger partial charge in [0.15, 0.2) is 0 Å². The second-order valence-corrected chi connectivity index (χ2v) is 8.28. The Labute approximate surface area is 172 Å². The summed E-state index contributed by atoms with van der Waals surface area (Å²) in [6.07, 6.45) is 2.89. The largest absolute Gasteiger partial charge is 0.366 e. The van der Waals surface area contributed by atoms with Crippen molar-refractivity contribution >= 4 is 17.4 Å². The molecule has 1 fully saturated rings. The number of imide groups is 1. The van der Waals surface area contributed by atoms with Gasteiger partial charge in [0.25, 0.3) is 11.8 Å². The summed E-state index contributed by atoms with van der Waals surface area (Å²) in [6, 6.07) is 17.9. The van der Waals surface area contributed by atoms with Crippen LogP contribution in [0.1, 0.15) is 36.5 Å².